The summed E-state index contributed by atoms with van der Waals surface area (Å²) in [7, 11) is 1.58. The molecule has 4 heteroatoms. The van der Waals surface area contributed by atoms with E-state index in [0.29, 0.717) is 22.9 Å². The lowest BCUT2D eigenvalue weighted by atomic mass is 10.2. The molecule has 0 atom stereocenters. The molecule has 0 amide bonds. The fourth-order valence-corrected chi connectivity index (χ4v) is 1.46. The number of ether oxygens (including phenoxy) is 2. The first kappa shape index (κ1) is 12.1. The summed E-state index contributed by atoms with van der Waals surface area (Å²) < 4.78 is 10.8. The van der Waals surface area contributed by atoms with Crippen molar-refractivity contribution >= 4 is 5.78 Å². The van der Waals surface area contributed by atoms with Crippen LogP contribution in [-0.4, -0.2) is 17.9 Å². The molecule has 0 aliphatic heterocycles. The Bertz CT molecular complexity index is 549. The number of hydrogen-bond acceptors (Lipinski definition) is 4. The average Bonchev–Trinajstić information content (AvgIpc) is 2.40. The molecule has 18 heavy (non-hydrogen) atoms. The van der Waals surface area contributed by atoms with Gasteiger partial charge >= 0.3 is 0 Å². The van der Waals surface area contributed by atoms with Crippen LogP contribution in [0.25, 0.3) is 0 Å². The normalized spacial score (nSPS) is 9.89. The van der Waals surface area contributed by atoms with Gasteiger partial charge in [0.05, 0.1) is 7.11 Å². The van der Waals surface area contributed by atoms with Crippen molar-refractivity contribution in [2.45, 2.75) is 6.92 Å². The predicted molar refractivity (Wildman–Crippen MR) is 67.3 cm³/mol. The maximum absolute atomic E-state index is 11.1. The molecular formula is C14H13NO3. The summed E-state index contributed by atoms with van der Waals surface area (Å²) in [5, 5.41) is 0. The molecule has 2 aromatic rings. The highest BCUT2D eigenvalue weighted by molar-refractivity contribution is 5.93. The molecular weight excluding hydrogens is 230 g/mol. The minimum absolute atomic E-state index is 0.0219. The number of hydrogen-bond donors (Lipinski definition) is 0. The van der Waals surface area contributed by atoms with Gasteiger partial charge < -0.3 is 9.47 Å². The second-order valence-corrected chi connectivity index (χ2v) is 3.69. The van der Waals surface area contributed by atoms with Crippen LogP contribution >= 0.6 is 0 Å². The fraction of sp³-hybridized carbons (Fsp3) is 0.143. The Kier molecular flexibility index (Phi) is 3.57. The average molecular weight is 243 g/mol. The van der Waals surface area contributed by atoms with Crippen LogP contribution in [0.15, 0.2) is 42.6 Å². The maximum Gasteiger partial charge on any atom is 0.219 e. The number of pyridine rings is 1. The summed E-state index contributed by atoms with van der Waals surface area (Å²) in [4.78, 5) is 15.2. The third-order valence-corrected chi connectivity index (χ3v) is 2.43. The van der Waals surface area contributed by atoms with Crippen LogP contribution in [0.3, 0.4) is 0 Å². The number of carbonyl (C=O) groups is 1. The largest absolute Gasteiger partial charge is 0.493 e. The zero-order chi connectivity index (χ0) is 13.0. The van der Waals surface area contributed by atoms with E-state index in [4.69, 9.17) is 9.47 Å². The van der Waals surface area contributed by atoms with Gasteiger partial charge in [-0.05, 0) is 25.1 Å². The Hall–Kier alpha value is -2.36. The maximum atomic E-state index is 11.1. The fourth-order valence-electron chi connectivity index (χ4n) is 1.46. The molecule has 1 aromatic carbocycles. The van der Waals surface area contributed by atoms with Crippen molar-refractivity contribution < 1.29 is 14.3 Å². The SMILES string of the molecule is COc1ccccc1Oc1ccc(C(C)=O)cn1. The highest BCUT2D eigenvalue weighted by atomic mass is 16.5. The van der Waals surface area contributed by atoms with Gasteiger partial charge in [-0.2, -0.15) is 0 Å². The molecule has 2 rings (SSSR count). The standard InChI is InChI=1S/C14H13NO3/c1-10(16)11-7-8-14(15-9-11)18-13-6-4-3-5-12(13)17-2/h3-9H,1-2H3. The molecule has 0 N–H and O–H groups in total. The zero-order valence-electron chi connectivity index (χ0n) is 10.2. The van der Waals surface area contributed by atoms with Crippen molar-refractivity contribution in [1.82, 2.24) is 4.98 Å². The number of carbonyl (C=O) groups excluding carboxylic acids is 1. The topological polar surface area (TPSA) is 48.4 Å². The van der Waals surface area contributed by atoms with Crippen LogP contribution in [0.1, 0.15) is 17.3 Å². The van der Waals surface area contributed by atoms with E-state index in [9.17, 15) is 4.79 Å². The van der Waals surface area contributed by atoms with Gasteiger partial charge in [0, 0.05) is 17.8 Å². The molecule has 0 bridgehead atoms. The van der Waals surface area contributed by atoms with E-state index in [1.54, 1.807) is 31.4 Å². The summed E-state index contributed by atoms with van der Waals surface area (Å²) in [5.41, 5.74) is 0.558. The lowest BCUT2D eigenvalue weighted by Crippen LogP contribution is -1.95. The van der Waals surface area contributed by atoms with Gasteiger partial charge in [0.2, 0.25) is 5.88 Å². The monoisotopic (exact) mass is 243 g/mol. The lowest BCUT2D eigenvalue weighted by Gasteiger charge is -2.08. The Morgan fingerprint density at radius 2 is 1.83 bits per heavy atom. The van der Waals surface area contributed by atoms with Crippen LogP contribution in [0.5, 0.6) is 17.4 Å². The van der Waals surface area contributed by atoms with Gasteiger partial charge in [-0.3, -0.25) is 4.79 Å². The van der Waals surface area contributed by atoms with E-state index >= 15 is 0 Å². The summed E-state index contributed by atoms with van der Waals surface area (Å²) in [5.74, 6) is 1.62. The number of rotatable bonds is 4. The minimum atomic E-state index is -0.0219. The molecule has 0 spiro atoms. The van der Waals surface area contributed by atoms with Crippen LogP contribution in [0.2, 0.25) is 0 Å². The molecule has 0 saturated carbocycles. The molecule has 0 saturated heterocycles. The molecule has 1 heterocycles. The molecule has 0 fully saturated rings. The highest BCUT2D eigenvalue weighted by Gasteiger charge is 2.06. The van der Waals surface area contributed by atoms with E-state index in [0.717, 1.165) is 0 Å². The van der Waals surface area contributed by atoms with Crippen molar-refractivity contribution in [2.24, 2.45) is 0 Å². The molecule has 0 unspecified atom stereocenters. The Balaban J connectivity index is 2.21. The number of ketones is 1. The number of methoxy groups -OCH3 is 1. The van der Waals surface area contributed by atoms with Crippen LogP contribution in [-0.2, 0) is 0 Å². The van der Waals surface area contributed by atoms with Crippen molar-refractivity contribution in [2.75, 3.05) is 7.11 Å². The van der Waals surface area contributed by atoms with Crippen molar-refractivity contribution in [3.8, 4) is 17.4 Å². The summed E-state index contributed by atoms with van der Waals surface area (Å²) in [6.07, 6.45) is 1.49. The van der Waals surface area contributed by atoms with Gasteiger partial charge in [0.25, 0.3) is 0 Å². The smallest absolute Gasteiger partial charge is 0.219 e. The van der Waals surface area contributed by atoms with Crippen molar-refractivity contribution in [1.29, 1.82) is 0 Å². The minimum Gasteiger partial charge on any atom is -0.493 e. The molecule has 0 radical (unpaired) electrons. The lowest BCUT2D eigenvalue weighted by molar-refractivity contribution is 0.101. The second kappa shape index (κ2) is 5.31. The van der Waals surface area contributed by atoms with Crippen molar-refractivity contribution in [3.05, 3.63) is 48.2 Å². The van der Waals surface area contributed by atoms with Gasteiger partial charge in [-0.15, -0.1) is 0 Å². The van der Waals surface area contributed by atoms with Gasteiger partial charge in [-0.1, -0.05) is 12.1 Å². The van der Waals surface area contributed by atoms with Crippen molar-refractivity contribution in [3.63, 3.8) is 0 Å². The van der Waals surface area contributed by atoms with Crippen LogP contribution in [0, 0.1) is 0 Å². The number of para-hydroxylation sites is 2. The van der Waals surface area contributed by atoms with E-state index in [2.05, 4.69) is 4.98 Å². The number of Topliss-reactive ketones (excluding diaryl/α,β-unsaturated/α-hetero) is 1. The molecule has 92 valence electrons. The zero-order valence-corrected chi connectivity index (χ0v) is 10.2. The van der Waals surface area contributed by atoms with E-state index in [1.165, 1.54) is 13.1 Å². The van der Waals surface area contributed by atoms with Gasteiger partial charge in [0.15, 0.2) is 17.3 Å². The third-order valence-electron chi connectivity index (χ3n) is 2.43. The van der Waals surface area contributed by atoms with Crippen LogP contribution in [0.4, 0.5) is 0 Å². The summed E-state index contributed by atoms with van der Waals surface area (Å²) >= 11 is 0. The first-order valence-electron chi connectivity index (χ1n) is 5.48. The van der Waals surface area contributed by atoms with Gasteiger partial charge in [-0.25, -0.2) is 4.98 Å². The number of nitrogens with zero attached hydrogens (tertiary/aromatic N) is 1. The van der Waals surface area contributed by atoms with E-state index < -0.39 is 0 Å². The molecule has 0 aliphatic rings. The Morgan fingerprint density at radius 3 is 2.39 bits per heavy atom. The molecule has 0 aliphatic carbocycles. The highest BCUT2D eigenvalue weighted by Crippen LogP contribution is 2.29. The number of benzene rings is 1. The van der Waals surface area contributed by atoms with Crippen LogP contribution < -0.4 is 9.47 Å². The predicted octanol–water partition coefficient (Wildman–Crippen LogP) is 3.09. The number of aromatic nitrogens is 1. The van der Waals surface area contributed by atoms with E-state index in [-0.39, 0.29) is 5.78 Å². The first-order chi connectivity index (χ1) is 8.70. The Labute approximate surface area is 105 Å². The van der Waals surface area contributed by atoms with E-state index in [1.807, 2.05) is 12.1 Å². The summed E-state index contributed by atoms with van der Waals surface area (Å²) in [6.45, 7) is 1.50. The summed E-state index contributed by atoms with van der Waals surface area (Å²) in [6, 6.07) is 10.6. The Morgan fingerprint density at radius 1 is 1.11 bits per heavy atom. The second-order valence-electron chi connectivity index (χ2n) is 3.69. The molecule has 4 nitrogen and oxygen atoms in total. The van der Waals surface area contributed by atoms with Gasteiger partial charge in [0.1, 0.15) is 0 Å². The quantitative estimate of drug-likeness (QED) is 0.774. The molecule has 1 aromatic heterocycles. The first-order valence-corrected chi connectivity index (χ1v) is 5.48. The third kappa shape index (κ3) is 2.66.